The summed E-state index contributed by atoms with van der Waals surface area (Å²) < 4.78 is 16.1. The number of ether oxygens (including phenoxy) is 3. The van der Waals surface area contributed by atoms with Crippen LogP contribution < -0.4 is 24.8 Å². The number of anilines is 1. The Hall–Kier alpha value is -2.89. The van der Waals surface area contributed by atoms with Crippen molar-refractivity contribution < 1.29 is 19.0 Å². The standard InChI is InChI=1S/C21H28N2O4/c1-21(2,3)15-9-7-8-10-16(15)23-20(24)22-13-14-11-12-17(25-4)19(27-6)18(14)26-5/h7-12H,13H2,1-6H3,(H2,22,23,24). The molecule has 0 saturated heterocycles. The molecule has 0 atom stereocenters. The Morgan fingerprint density at radius 1 is 0.926 bits per heavy atom. The molecule has 0 aromatic heterocycles. The molecular formula is C21H28N2O4. The van der Waals surface area contributed by atoms with E-state index in [9.17, 15) is 4.79 Å². The predicted octanol–water partition coefficient (Wildman–Crippen LogP) is 4.33. The molecule has 0 bridgehead atoms. The van der Waals surface area contributed by atoms with Crippen molar-refractivity contribution in [1.29, 1.82) is 0 Å². The second-order valence-electron chi connectivity index (χ2n) is 7.10. The number of urea groups is 1. The monoisotopic (exact) mass is 372 g/mol. The Morgan fingerprint density at radius 2 is 1.59 bits per heavy atom. The van der Waals surface area contributed by atoms with Gasteiger partial charge in [-0.2, -0.15) is 0 Å². The molecule has 0 spiro atoms. The molecule has 0 saturated carbocycles. The van der Waals surface area contributed by atoms with E-state index in [-0.39, 0.29) is 18.0 Å². The lowest BCUT2D eigenvalue weighted by atomic mass is 9.86. The lowest BCUT2D eigenvalue weighted by Crippen LogP contribution is -2.29. The number of amides is 2. The molecule has 146 valence electrons. The first-order valence-electron chi connectivity index (χ1n) is 8.74. The molecule has 0 aliphatic rings. The maximum atomic E-state index is 12.4. The molecule has 0 heterocycles. The summed E-state index contributed by atoms with van der Waals surface area (Å²) >= 11 is 0. The van der Waals surface area contributed by atoms with E-state index in [1.807, 2.05) is 30.3 Å². The van der Waals surface area contributed by atoms with E-state index in [4.69, 9.17) is 14.2 Å². The van der Waals surface area contributed by atoms with Crippen LogP contribution in [0.4, 0.5) is 10.5 Å². The van der Waals surface area contributed by atoms with Gasteiger partial charge in [-0.05, 0) is 29.2 Å². The summed E-state index contributed by atoms with van der Waals surface area (Å²) in [5, 5.41) is 5.79. The van der Waals surface area contributed by atoms with Crippen molar-refractivity contribution in [3.05, 3.63) is 47.5 Å². The highest BCUT2D eigenvalue weighted by Gasteiger charge is 2.19. The van der Waals surface area contributed by atoms with E-state index < -0.39 is 0 Å². The van der Waals surface area contributed by atoms with Crippen LogP contribution in [-0.4, -0.2) is 27.4 Å². The molecule has 2 amide bonds. The van der Waals surface area contributed by atoms with Crippen LogP contribution in [0.2, 0.25) is 0 Å². The summed E-state index contributed by atoms with van der Waals surface area (Å²) in [5.74, 6) is 1.60. The highest BCUT2D eigenvalue weighted by atomic mass is 16.5. The summed E-state index contributed by atoms with van der Waals surface area (Å²) in [6, 6.07) is 11.1. The SMILES string of the molecule is COc1ccc(CNC(=O)Nc2ccccc2C(C)(C)C)c(OC)c1OC. The van der Waals surface area contributed by atoms with E-state index in [0.29, 0.717) is 17.2 Å². The van der Waals surface area contributed by atoms with Crippen molar-refractivity contribution >= 4 is 11.7 Å². The third-order valence-corrected chi connectivity index (χ3v) is 4.21. The normalized spacial score (nSPS) is 10.9. The third-order valence-electron chi connectivity index (χ3n) is 4.21. The van der Waals surface area contributed by atoms with Gasteiger partial charge in [-0.25, -0.2) is 4.79 Å². The molecule has 0 aliphatic carbocycles. The van der Waals surface area contributed by atoms with Gasteiger partial charge < -0.3 is 24.8 Å². The molecule has 2 rings (SSSR count). The fourth-order valence-electron chi connectivity index (χ4n) is 2.89. The van der Waals surface area contributed by atoms with E-state index in [1.54, 1.807) is 27.4 Å². The molecule has 0 unspecified atom stereocenters. The Balaban J connectivity index is 2.13. The molecule has 2 N–H and O–H groups in total. The van der Waals surface area contributed by atoms with Gasteiger partial charge in [0.2, 0.25) is 5.75 Å². The maximum absolute atomic E-state index is 12.4. The van der Waals surface area contributed by atoms with Crippen molar-refractivity contribution in [2.24, 2.45) is 0 Å². The zero-order valence-corrected chi connectivity index (χ0v) is 16.8. The van der Waals surface area contributed by atoms with Gasteiger partial charge >= 0.3 is 6.03 Å². The Kier molecular flexibility index (Phi) is 6.55. The van der Waals surface area contributed by atoms with Gasteiger partial charge in [0.05, 0.1) is 21.3 Å². The number of carbonyl (C=O) groups is 1. The van der Waals surface area contributed by atoms with Gasteiger partial charge in [-0.15, -0.1) is 0 Å². The van der Waals surface area contributed by atoms with Crippen LogP contribution in [0, 0.1) is 0 Å². The predicted molar refractivity (Wildman–Crippen MR) is 107 cm³/mol. The lowest BCUT2D eigenvalue weighted by Gasteiger charge is -2.23. The summed E-state index contributed by atoms with van der Waals surface area (Å²) in [7, 11) is 4.67. The highest BCUT2D eigenvalue weighted by molar-refractivity contribution is 5.90. The smallest absolute Gasteiger partial charge is 0.319 e. The van der Waals surface area contributed by atoms with Crippen LogP contribution in [0.3, 0.4) is 0 Å². The zero-order valence-electron chi connectivity index (χ0n) is 16.8. The number of rotatable bonds is 6. The molecule has 6 heteroatoms. The van der Waals surface area contributed by atoms with Crippen LogP contribution in [0.5, 0.6) is 17.2 Å². The van der Waals surface area contributed by atoms with E-state index >= 15 is 0 Å². The maximum Gasteiger partial charge on any atom is 0.319 e. The van der Waals surface area contributed by atoms with E-state index in [2.05, 4.69) is 31.4 Å². The summed E-state index contributed by atoms with van der Waals surface area (Å²) in [6.07, 6.45) is 0. The molecule has 6 nitrogen and oxygen atoms in total. The molecular weight excluding hydrogens is 344 g/mol. The summed E-state index contributed by atoms with van der Waals surface area (Å²) in [4.78, 5) is 12.4. The summed E-state index contributed by atoms with van der Waals surface area (Å²) in [5.41, 5.74) is 2.58. The fraction of sp³-hybridized carbons (Fsp3) is 0.381. The first-order chi connectivity index (χ1) is 12.8. The summed E-state index contributed by atoms with van der Waals surface area (Å²) in [6.45, 7) is 6.62. The molecule has 2 aromatic carbocycles. The molecule has 0 radical (unpaired) electrons. The number of carbonyl (C=O) groups excluding carboxylic acids is 1. The lowest BCUT2D eigenvalue weighted by molar-refractivity contribution is 0.251. The average Bonchev–Trinajstić information content (AvgIpc) is 2.64. The van der Waals surface area contributed by atoms with Crippen molar-refractivity contribution in [2.75, 3.05) is 26.6 Å². The number of hydrogen-bond acceptors (Lipinski definition) is 4. The average molecular weight is 372 g/mol. The van der Waals surface area contributed by atoms with Crippen LogP contribution in [0.1, 0.15) is 31.9 Å². The second-order valence-corrected chi connectivity index (χ2v) is 7.10. The van der Waals surface area contributed by atoms with Crippen molar-refractivity contribution in [2.45, 2.75) is 32.7 Å². The fourth-order valence-corrected chi connectivity index (χ4v) is 2.89. The minimum absolute atomic E-state index is 0.0730. The van der Waals surface area contributed by atoms with E-state index in [0.717, 1.165) is 16.8 Å². The quantitative estimate of drug-likeness (QED) is 0.792. The Labute approximate surface area is 160 Å². The van der Waals surface area contributed by atoms with Crippen LogP contribution >= 0.6 is 0 Å². The first-order valence-corrected chi connectivity index (χ1v) is 8.74. The minimum atomic E-state index is -0.288. The molecule has 0 fully saturated rings. The Morgan fingerprint density at radius 3 is 2.19 bits per heavy atom. The van der Waals surface area contributed by atoms with Gasteiger partial charge in [-0.3, -0.25) is 0 Å². The topological polar surface area (TPSA) is 68.8 Å². The van der Waals surface area contributed by atoms with Gasteiger partial charge in [0.15, 0.2) is 11.5 Å². The zero-order chi connectivity index (χ0) is 20.0. The second kappa shape index (κ2) is 8.66. The van der Waals surface area contributed by atoms with Gasteiger partial charge in [0, 0.05) is 17.8 Å². The third kappa shape index (κ3) is 4.84. The number of hydrogen-bond donors (Lipinski definition) is 2. The van der Waals surface area contributed by atoms with Crippen molar-refractivity contribution in [3.8, 4) is 17.2 Å². The molecule has 2 aromatic rings. The van der Waals surface area contributed by atoms with Crippen molar-refractivity contribution in [3.63, 3.8) is 0 Å². The van der Waals surface area contributed by atoms with Crippen molar-refractivity contribution in [1.82, 2.24) is 5.32 Å². The van der Waals surface area contributed by atoms with Gasteiger partial charge in [-0.1, -0.05) is 39.0 Å². The van der Waals surface area contributed by atoms with Crippen LogP contribution in [0.15, 0.2) is 36.4 Å². The highest BCUT2D eigenvalue weighted by Crippen LogP contribution is 2.39. The van der Waals surface area contributed by atoms with Crippen LogP contribution in [0.25, 0.3) is 0 Å². The van der Waals surface area contributed by atoms with Gasteiger partial charge in [0.1, 0.15) is 0 Å². The largest absolute Gasteiger partial charge is 0.493 e. The molecule has 27 heavy (non-hydrogen) atoms. The number of methoxy groups -OCH3 is 3. The molecule has 0 aliphatic heterocycles. The Bertz CT molecular complexity index is 797. The van der Waals surface area contributed by atoms with Gasteiger partial charge in [0.25, 0.3) is 0 Å². The number of nitrogens with one attached hydrogen (secondary N) is 2. The minimum Gasteiger partial charge on any atom is -0.493 e. The number of benzene rings is 2. The number of para-hydroxylation sites is 1. The van der Waals surface area contributed by atoms with E-state index in [1.165, 1.54) is 0 Å². The first kappa shape index (κ1) is 20.4. The van der Waals surface area contributed by atoms with Crippen LogP contribution in [-0.2, 0) is 12.0 Å².